The summed E-state index contributed by atoms with van der Waals surface area (Å²) in [7, 11) is -0.612. The summed E-state index contributed by atoms with van der Waals surface area (Å²) in [4.78, 5) is 10.8. The standard InChI is InChI=1S/C13H17BO5/c1-12(2)13(3,4)19-14(18-12)8-5-6-9(11(16)17)10(15)7-8/h5-7,15H,1-4H3,(H,16,17). The number of aromatic hydroxyl groups is 1. The molecule has 2 N–H and O–H groups in total. The van der Waals surface area contributed by atoms with E-state index in [9.17, 15) is 9.90 Å². The maximum absolute atomic E-state index is 10.8. The highest BCUT2D eigenvalue weighted by molar-refractivity contribution is 6.62. The predicted octanol–water partition coefficient (Wildman–Crippen LogP) is 1.39. The van der Waals surface area contributed by atoms with Crippen molar-refractivity contribution in [3.63, 3.8) is 0 Å². The number of benzene rings is 1. The molecule has 1 heterocycles. The van der Waals surface area contributed by atoms with E-state index in [1.807, 2.05) is 27.7 Å². The van der Waals surface area contributed by atoms with Gasteiger partial charge in [-0.1, -0.05) is 6.07 Å². The van der Waals surface area contributed by atoms with Crippen LogP contribution in [0, 0.1) is 0 Å². The van der Waals surface area contributed by atoms with Gasteiger partial charge in [0.15, 0.2) is 0 Å². The zero-order valence-corrected chi connectivity index (χ0v) is 11.4. The topological polar surface area (TPSA) is 76.0 Å². The Hall–Kier alpha value is -1.53. The van der Waals surface area contributed by atoms with E-state index >= 15 is 0 Å². The van der Waals surface area contributed by atoms with Crippen LogP contribution in [-0.4, -0.2) is 34.5 Å². The van der Waals surface area contributed by atoms with Gasteiger partial charge in [-0.3, -0.25) is 0 Å². The predicted molar refractivity (Wildman–Crippen MR) is 70.8 cm³/mol. The molecule has 0 aliphatic carbocycles. The van der Waals surface area contributed by atoms with Gasteiger partial charge in [0.2, 0.25) is 0 Å². The molecule has 0 amide bonds. The monoisotopic (exact) mass is 264 g/mol. The van der Waals surface area contributed by atoms with Crippen molar-refractivity contribution in [1.82, 2.24) is 0 Å². The normalized spacial score (nSPS) is 20.5. The van der Waals surface area contributed by atoms with Gasteiger partial charge in [-0.05, 0) is 45.3 Å². The number of phenols is 1. The largest absolute Gasteiger partial charge is 0.507 e. The van der Waals surface area contributed by atoms with Gasteiger partial charge in [-0.2, -0.15) is 0 Å². The fourth-order valence-electron chi connectivity index (χ4n) is 1.86. The second-order valence-electron chi connectivity index (χ2n) is 5.67. The van der Waals surface area contributed by atoms with Gasteiger partial charge in [-0.25, -0.2) is 4.79 Å². The lowest BCUT2D eigenvalue weighted by molar-refractivity contribution is 0.00578. The average Bonchev–Trinajstić information content (AvgIpc) is 2.47. The van der Waals surface area contributed by atoms with Gasteiger partial charge >= 0.3 is 13.1 Å². The van der Waals surface area contributed by atoms with E-state index < -0.39 is 24.3 Å². The van der Waals surface area contributed by atoms with Gasteiger partial charge in [0.1, 0.15) is 11.3 Å². The van der Waals surface area contributed by atoms with Crippen LogP contribution < -0.4 is 5.46 Å². The minimum atomic E-state index is -1.17. The molecule has 0 atom stereocenters. The van der Waals surface area contributed by atoms with Crippen molar-refractivity contribution >= 4 is 18.6 Å². The van der Waals surface area contributed by atoms with Gasteiger partial charge in [0.25, 0.3) is 0 Å². The Balaban J connectivity index is 2.31. The molecular formula is C13H17BO5. The molecule has 5 nitrogen and oxygen atoms in total. The van der Waals surface area contributed by atoms with E-state index in [-0.39, 0.29) is 11.3 Å². The van der Waals surface area contributed by atoms with Crippen molar-refractivity contribution in [2.45, 2.75) is 38.9 Å². The van der Waals surface area contributed by atoms with E-state index in [2.05, 4.69) is 0 Å². The summed E-state index contributed by atoms with van der Waals surface area (Å²) in [5, 5.41) is 18.6. The molecule has 0 aromatic heterocycles. The minimum Gasteiger partial charge on any atom is -0.507 e. The molecule has 0 radical (unpaired) electrons. The third-order valence-electron chi connectivity index (χ3n) is 3.78. The Morgan fingerprint density at radius 2 is 1.68 bits per heavy atom. The van der Waals surface area contributed by atoms with Crippen LogP contribution in [0.3, 0.4) is 0 Å². The third-order valence-corrected chi connectivity index (χ3v) is 3.78. The van der Waals surface area contributed by atoms with Crippen molar-refractivity contribution in [1.29, 1.82) is 0 Å². The van der Waals surface area contributed by atoms with Crippen LogP contribution >= 0.6 is 0 Å². The van der Waals surface area contributed by atoms with Crippen LogP contribution in [0.25, 0.3) is 0 Å². The average molecular weight is 264 g/mol. The highest BCUT2D eigenvalue weighted by atomic mass is 16.7. The second kappa shape index (κ2) is 4.25. The number of aromatic carboxylic acids is 1. The van der Waals surface area contributed by atoms with Gasteiger partial charge in [-0.15, -0.1) is 0 Å². The van der Waals surface area contributed by atoms with Crippen LogP contribution in [-0.2, 0) is 9.31 Å². The highest BCUT2D eigenvalue weighted by Crippen LogP contribution is 2.36. The Bertz CT molecular complexity index is 508. The maximum atomic E-state index is 10.8. The summed E-state index contributed by atoms with van der Waals surface area (Å²) >= 11 is 0. The van der Waals surface area contributed by atoms with E-state index in [1.54, 1.807) is 6.07 Å². The molecule has 6 heteroatoms. The highest BCUT2D eigenvalue weighted by Gasteiger charge is 2.51. The quantitative estimate of drug-likeness (QED) is 0.789. The SMILES string of the molecule is CC1(C)OB(c2ccc(C(=O)O)c(O)c2)OC1(C)C. The molecule has 2 rings (SSSR count). The molecule has 102 valence electrons. The van der Waals surface area contributed by atoms with Crippen LogP contribution in [0.15, 0.2) is 18.2 Å². The molecule has 0 spiro atoms. The molecule has 0 unspecified atom stereocenters. The number of carbonyl (C=O) groups is 1. The first-order chi connectivity index (χ1) is 8.64. The van der Waals surface area contributed by atoms with E-state index in [1.165, 1.54) is 12.1 Å². The molecule has 1 aliphatic heterocycles. The third kappa shape index (κ3) is 2.33. The number of carboxylic acids is 1. The molecule has 0 saturated carbocycles. The zero-order valence-electron chi connectivity index (χ0n) is 11.4. The fourth-order valence-corrected chi connectivity index (χ4v) is 1.86. The van der Waals surface area contributed by atoms with Crippen molar-refractivity contribution in [3.05, 3.63) is 23.8 Å². The second-order valence-corrected chi connectivity index (χ2v) is 5.67. The lowest BCUT2D eigenvalue weighted by Gasteiger charge is -2.32. The zero-order chi connectivity index (χ0) is 14.4. The number of carboxylic acid groups (broad SMARTS) is 1. The molecule has 19 heavy (non-hydrogen) atoms. The summed E-state index contributed by atoms with van der Waals surface area (Å²) in [6.45, 7) is 7.72. The Kier molecular flexibility index (Phi) is 3.11. The van der Waals surface area contributed by atoms with Crippen LogP contribution in [0.5, 0.6) is 5.75 Å². The first-order valence-corrected chi connectivity index (χ1v) is 6.06. The van der Waals surface area contributed by atoms with Crippen molar-refractivity contribution in [2.24, 2.45) is 0 Å². The van der Waals surface area contributed by atoms with E-state index in [0.29, 0.717) is 5.46 Å². The van der Waals surface area contributed by atoms with Crippen molar-refractivity contribution < 1.29 is 24.3 Å². The summed E-state index contributed by atoms with van der Waals surface area (Å²) in [6.07, 6.45) is 0. The summed E-state index contributed by atoms with van der Waals surface area (Å²) in [5.74, 6) is -1.46. The number of hydrogen-bond donors (Lipinski definition) is 2. The van der Waals surface area contributed by atoms with E-state index in [4.69, 9.17) is 14.4 Å². The molecule has 1 aliphatic rings. The Morgan fingerprint density at radius 1 is 1.16 bits per heavy atom. The Labute approximate surface area is 112 Å². The van der Waals surface area contributed by atoms with Gasteiger partial charge < -0.3 is 19.5 Å². The maximum Gasteiger partial charge on any atom is 0.494 e. The van der Waals surface area contributed by atoms with Crippen LogP contribution in [0.2, 0.25) is 0 Å². The summed E-state index contributed by atoms with van der Waals surface area (Å²) in [5.41, 5.74) is -0.487. The smallest absolute Gasteiger partial charge is 0.494 e. The number of hydrogen-bond acceptors (Lipinski definition) is 4. The van der Waals surface area contributed by atoms with Crippen LogP contribution in [0.1, 0.15) is 38.1 Å². The summed E-state index contributed by atoms with van der Waals surface area (Å²) < 4.78 is 11.6. The van der Waals surface area contributed by atoms with Gasteiger partial charge in [0, 0.05) is 0 Å². The molecule has 1 aromatic rings. The fraction of sp³-hybridized carbons (Fsp3) is 0.462. The Morgan fingerprint density at radius 3 is 2.11 bits per heavy atom. The lowest BCUT2D eigenvalue weighted by atomic mass is 9.78. The summed E-state index contributed by atoms with van der Waals surface area (Å²) in [6, 6.07) is 4.30. The molecular weight excluding hydrogens is 247 g/mol. The van der Waals surface area contributed by atoms with E-state index in [0.717, 1.165) is 0 Å². The number of rotatable bonds is 2. The molecule has 1 fully saturated rings. The molecule has 1 saturated heterocycles. The first kappa shape index (κ1) is 13.9. The first-order valence-electron chi connectivity index (χ1n) is 6.06. The van der Waals surface area contributed by atoms with Crippen LogP contribution in [0.4, 0.5) is 0 Å². The molecule has 1 aromatic carbocycles. The lowest BCUT2D eigenvalue weighted by Crippen LogP contribution is -2.41. The van der Waals surface area contributed by atoms with Crippen molar-refractivity contribution in [2.75, 3.05) is 0 Å². The van der Waals surface area contributed by atoms with Crippen molar-refractivity contribution in [3.8, 4) is 5.75 Å². The molecule has 0 bridgehead atoms. The minimum absolute atomic E-state index is 0.139. The van der Waals surface area contributed by atoms with Gasteiger partial charge in [0.05, 0.1) is 11.2 Å².